The summed E-state index contributed by atoms with van der Waals surface area (Å²) in [7, 11) is 0. The maximum atomic E-state index is 13.6. The van der Waals surface area contributed by atoms with E-state index in [1.165, 1.54) is 0 Å². The van der Waals surface area contributed by atoms with Gasteiger partial charge >= 0.3 is 0 Å². The van der Waals surface area contributed by atoms with E-state index in [9.17, 15) is 17.6 Å². The van der Waals surface area contributed by atoms with Crippen molar-refractivity contribution in [2.45, 2.75) is 13.0 Å². The lowest BCUT2D eigenvalue weighted by Crippen LogP contribution is -2.44. The predicted octanol–water partition coefficient (Wildman–Crippen LogP) is 3.05. The van der Waals surface area contributed by atoms with Crippen molar-refractivity contribution in [1.82, 2.24) is 10.2 Å². The number of hydrogen-bond donors (Lipinski definition) is 1. The normalized spacial score (nSPS) is 17.1. The summed E-state index contributed by atoms with van der Waals surface area (Å²) in [5, 5.41) is 3.10. The minimum absolute atomic E-state index is 0. The first-order chi connectivity index (χ1) is 8.52. The Balaban J connectivity index is 0.00000180. The molecular weight excluding hydrogens is 319 g/mol. The molecule has 0 aromatic heterocycles. The summed E-state index contributed by atoms with van der Waals surface area (Å²) in [6.07, 6.45) is 0. The molecule has 20 heavy (non-hydrogen) atoms. The summed E-state index contributed by atoms with van der Waals surface area (Å²) < 4.78 is 53.5. The minimum atomic E-state index is -1.36. The van der Waals surface area contributed by atoms with Crippen LogP contribution >= 0.6 is 24.8 Å². The Labute approximate surface area is 127 Å². The van der Waals surface area contributed by atoms with Crippen molar-refractivity contribution < 1.29 is 17.6 Å². The van der Waals surface area contributed by atoms with Gasteiger partial charge in [0.1, 0.15) is 0 Å². The molecule has 1 fully saturated rings. The average Bonchev–Trinajstić information content (AvgIpc) is 2.37. The molecular formula is C12H16Cl2F4N2. The number of hydrogen-bond acceptors (Lipinski definition) is 2. The molecule has 1 heterocycles. The summed E-state index contributed by atoms with van der Waals surface area (Å²) in [6, 6.07) is -0.462. The molecule has 8 heteroatoms. The molecule has 1 N–H and O–H groups in total. The summed E-state index contributed by atoms with van der Waals surface area (Å²) in [5.41, 5.74) is -0.533. The molecule has 0 bridgehead atoms. The Morgan fingerprint density at radius 3 is 1.90 bits per heavy atom. The van der Waals surface area contributed by atoms with Crippen molar-refractivity contribution in [1.29, 1.82) is 0 Å². The number of nitrogens with zero attached hydrogens (tertiary/aromatic N) is 1. The number of nitrogens with one attached hydrogen (secondary N) is 1. The second-order valence-electron chi connectivity index (χ2n) is 4.34. The van der Waals surface area contributed by atoms with Gasteiger partial charge < -0.3 is 5.32 Å². The van der Waals surface area contributed by atoms with E-state index in [4.69, 9.17) is 0 Å². The van der Waals surface area contributed by atoms with Crippen molar-refractivity contribution in [3.8, 4) is 0 Å². The van der Waals surface area contributed by atoms with Crippen LogP contribution in [0.3, 0.4) is 0 Å². The van der Waals surface area contributed by atoms with Gasteiger partial charge in [0.05, 0.1) is 0 Å². The zero-order valence-corrected chi connectivity index (χ0v) is 12.4. The molecule has 0 spiro atoms. The molecule has 1 saturated heterocycles. The molecule has 116 valence electrons. The fourth-order valence-corrected chi connectivity index (χ4v) is 2.21. The van der Waals surface area contributed by atoms with E-state index >= 15 is 0 Å². The first-order valence-corrected chi connectivity index (χ1v) is 5.80. The van der Waals surface area contributed by atoms with Crippen LogP contribution in [0.15, 0.2) is 6.07 Å². The number of piperazine rings is 1. The molecule has 1 aliphatic heterocycles. The molecule has 0 saturated carbocycles. The summed E-state index contributed by atoms with van der Waals surface area (Å²) >= 11 is 0. The van der Waals surface area contributed by atoms with Crippen LogP contribution in [0, 0.1) is 23.3 Å². The molecule has 1 aromatic carbocycles. The molecule has 1 aliphatic rings. The Bertz CT molecular complexity index is 427. The Morgan fingerprint density at radius 2 is 1.45 bits per heavy atom. The smallest absolute Gasteiger partial charge is 0.166 e. The van der Waals surface area contributed by atoms with Crippen LogP contribution < -0.4 is 5.32 Å². The highest BCUT2D eigenvalue weighted by Crippen LogP contribution is 2.28. The molecule has 1 aromatic rings. The third-order valence-corrected chi connectivity index (χ3v) is 3.26. The van der Waals surface area contributed by atoms with E-state index in [2.05, 4.69) is 5.32 Å². The molecule has 2 nitrogen and oxygen atoms in total. The fraction of sp³-hybridized carbons (Fsp3) is 0.500. The van der Waals surface area contributed by atoms with Crippen molar-refractivity contribution in [3.05, 3.63) is 34.9 Å². The SMILES string of the molecule is C[C@H](c1c(F)c(F)cc(F)c1F)N1CCNCC1.Cl.Cl. The topological polar surface area (TPSA) is 15.3 Å². The Kier molecular flexibility index (Phi) is 7.80. The maximum absolute atomic E-state index is 13.6. The van der Waals surface area contributed by atoms with Crippen LogP contribution in [0.25, 0.3) is 0 Å². The third kappa shape index (κ3) is 3.75. The van der Waals surface area contributed by atoms with E-state index < -0.39 is 34.9 Å². The largest absolute Gasteiger partial charge is 0.314 e. The third-order valence-electron chi connectivity index (χ3n) is 3.26. The van der Waals surface area contributed by atoms with E-state index in [0.717, 1.165) is 0 Å². The monoisotopic (exact) mass is 334 g/mol. The highest BCUT2D eigenvalue weighted by molar-refractivity contribution is 5.85. The second-order valence-corrected chi connectivity index (χ2v) is 4.34. The quantitative estimate of drug-likeness (QED) is 0.660. The highest BCUT2D eigenvalue weighted by atomic mass is 35.5. The van der Waals surface area contributed by atoms with Gasteiger partial charge in [-0.1, -0.05) is 0 Å². The lowest BCUT2D eigenvalue weighted by molar-refractivity contribution is 0.177. The maximum Gasteiger partial charge on any atom is 0.166 e. The molecule has 0 aliphatic carbocycles. The van der Waals surface area contributed by atoms with Crippen molar-refractivity contribution in [2.24, 2.45) is 0 Å². The van der Waals surface area contributed by atoms with Crippen LogP contribution in [0.4, 0.5) is 17.6 Å². The van der Waals surface area contributed by atoms with Gasteiger partial charge in [-0.05, 0) is 6.92 Å². The molecule has 0 amide bonds. The van der Waals surface area contributed by atoms with Gasteiger partial charge in [-0.25, -0.2) is 17.6 Å². The molecule has 0 radical (unpaired) electrons. The Morgan fingerprint density at radius 1 is 1.00 bits per heavy atom. The first kappa shape index (κ1) is 19.4. The zero-order chi connectivity index (χ0) is 13.3. The standard InChI is InChI=1S/C12H14F4N2.2ClH/c1-7(18-4-2-17-3-5-18)10-11(15)8(13)6-9(14)12(10)16;;/h6-7,17H,2-5H2,1H3;2*1H/t7-;;/m1../s1. The minimum Gasteiger partial charge on any atom is -0.314 e. The van der Waals surface area contributed by atoms with Crippen LogP contribution in [0.1, 0.15) is 18.5 Å². The van der Waals surface area contributed by atoms with Gasteiger partial charge in [-0.3, -0.25) is 4.90 Å². The first-order valence-electron chi connectivity index (χ1n) is 5.80. The van der Waals surface area contributed by atoms with Crippen molar-refractivity contribution in [3.63, 3.8) is 0 Å². The lowest BCUT2D eigenvalue weighted by atomic mass is 10.0. The van der Waals surface area contributed by atoms with Crippen LogP contribution in [0.5, 0.6) is 0 Å². The predicted molar refractivity (Wildman–Crippen MR) is 73.6 cm³/mol. The number of benzene rings is 1. The van der Waals surface area contributed by atoms with E-state index in [1.54, 1.807) is 11.8 Å². The molecule has 2 rings (SSSR count). The van der Waals surface area contributed by atoms with Crippen LogP contribution in [-0.2, 0) is 0 Å². The van der Waals surface area contributed by atoms with Crippen LogP contribution in [-0.4, -0.2) is 31.1 Å². The van der Waals surface area contributed by atoms with E-state index in [1.807, 2.05) is 0 Å². The second kappa shape index (κ2) is 8.02. The molecule has 1 atom stereocenters. The summed E-state index contributed by atoms with van der Waals surface area (Å²) in [5.74, 6) is -5.32. The van der Waals surface area contributed by atoms with Gasteiger partial charge in [0, 0.05) is 43.9 Å². The van der Waals surface area contributed by atoms with E-state index in [0.29, 0.717) is 26.2 Å². The number of rotatable bonds is 2. The highest BCUT2D eigenvalue weighted by Gasteiger charge is 2.27. The Hall–Kier alpha value is -0.560. The fourth-order valence-electron chi connectivity index (χ4n) is 2.21. The van der Waals surface area contributed by atoms with Gasteiger partial charge in [0.2, 0.25) is 0 Å². The molecule has 0 unspecified atom stereocenters. The van der Waals surface area contributed by atoms with Crippen LogP contribution in [0.2, 0.25) is 0 Å². The van der Waals surface area contributed by atoms with Crippen molar-refractivity contribution in [2.75, 3.05) is 26.2 Å². The van der Waals surface area contributed by atoms with Gasteiger partial charge in [-0.15, -0.1) is 24.8 Å². The average molecular weight is 335 g/mol. The number of halogens is 6. The van der Waals surface area contributed by atoms with Gasteiger partial charge in [0.15, 0.2) is 23.3 Å². The zero-order valence-electron chi connectivity index (χ0n) is 10.8. The lowest BCUT2D eigenvalue weighted by Gasteiger charge is -2.33. The van der Waals surface area contributed by atoms with E-state index in [-0.39, 0.29) is 30.9 Å². The van der Waals surface area contributed by atoms with Crippen molar-refractivity contribution >= 4 is 24.8 Å². The summed E-state index contributed by atoms with van der Waals surface area (Å²) in [6.45, 7) is 4.08. The van der Waals surface area contributed by atoms with Gasteiger partial charge in [0.25, 0.3) is 0 Å². The summed E-state index contributed by atoms with van der Waals surface area (Å²) in [4.78, 5) is 1.79. The van der Waals surface area contributed by atoms with Gasteiger partial charge in [-0.2, -0.15) is 0 Å².